The molecule has 1 aromatic carbocycles. The lowest BCUT2D eigenvalue weighted by molar-refractivity contribution is 1.53. The topological polar surface area (TPSA) is 0 Å². The Morgan fingerprint density at radius 1 is 1.33 bits per heavy atom. The van der Waals surface area contributed by atoms with Crippen molar-refractivity contribution in [3.8, 4) is 0 Å². The Balaban J connectivity index is 2.65. The number of hydrogen-bond acceptors (Lipinski definition) is 0. The fourth-order valence-electron chi connectivity index (χ4n) is 1.18. The van der Waals surface area contributed by atoms with E-state index in [1.54, 1.807) is 0 Å². The molecule has 1 aliphatic rings. The molecule has 2 heteroatoms. The summed E-state index contributed by atoms with van der Waals surface area (Å²) in [7, 11) is 0. The van der Waals surface area contributed by atoms with Crippen molar-refractivity contribution in [2.24, 2.45) is 0 Å². The molecule has 0 nitrogen and oxygen atoms in total. The molecular formula is C10H8ClI. The highest BCUT2D eigenvalue weighted by Gasteiger charge is 2.05. The van der Waals surface area contributed by atoms with Crippen molar-refractivity contribution < 1.29 is 0 Å². The van der Waals surface area contributed by atoms with Gasteiger partial charge in [-0.1, -0.05) is 44.5 Å². The molecule has 0 spiro atoms. The van der Waals surface area contributed by atoms with Gasteiger partial charge in [0.15, 0.2) is 0 Å². The Morgan fingerprint density at radius 3 is 3.00 bits per heavy atom. The molecule has 0 saturated carbocycles. The summed E-state index contributed by atoms with van der Waals surface area (Å²) >= 11 is 5.97. The van der Waals surface area contributed by atoms with Crippen LogP contribution in [0.3, 0.4) is 0 Å². The SMILES string of the molecule is CC1=CC=Ic2cc(Cl)ccc21. The zero-order valence-corrected chi connectivity index (χ0v) is 9.56. The van der Waals surface area contributed by atoms with E-state index in [0.29, 0.717) is 0 Å². The summed E-state index contributed by atoms with van der Waals surface area (Å²) in [6, 6.07) is 6.18. The zero-order chi connectivity index (χ0) is 8.55. The monoisotopic (exact) mass is 290 g/mol. The third kappa shape index (κ3) is 1.48. The maximum absolute atomic E-state index is 5.91. The maximum Gasteiger partial charge on any atom is 0.0416 e. The minimum atomic E-state index is 0.0652. The molecule has 0 amide bonds. The maximum atomic E-state index is 5.91. The van der Waals surface area contributed by atoms with E-state index in [1.807, 2.05) is 6.07 Å². The highest BCUT2D eigenvalue weighted by atomic mass is 127. The first-order chi connectivity index (χ1) is 5.77. The van der Waals surface area contributed by atoms with Crippen molar-refractivity contribution >= 4 is 41.9 Å². The van der Waals surface area contributed by atoms with Crippen molar-refractivity contribution in [3.63, 3.8) is 0 Å². The second-order valence-corrected chi connectivity index (χ2v) is 5.65. The van der Waals surface area contributed by atoms with Crippen LogP contribution in [0.1, 0.15) is 12.5 Å². The van der Waals surface area contributed by atoms with E-state index in [0.717, 1.165) is 5.02 Å². The summed E-state index contributed by atoms with van der Waals surface area (Å²) in [5.74, 6) is 0. The average molecular weight is 291 g/mol. The number of hydrogen-bond donors (Lipinski definition) is 0. The first-order valence-corrected chi connectivity index (χ1v) is 6.41. The number of halogens is 2. The van der Waals surface area contributed by atoms with Crippen LogP contribution in [0.4, 0.5) is 0 Å². The van der Waals surface area contributed by atoms with Crippen molar-refractivity contribution in [3.05, 3.63) is 38.4 Å². The van der Waals surface area contributed by atoms with Crippen LogP contribution in [0.5, 0.6) is 0 Å². The van der Waals surface area contributed by atoms with Gasteiger partial charge in [0.25, 0.3) is 0 Å². The van der Waals surface area contributed by atoms with Crippen LogP contribution in [0.25, 0.3) is 5.57 Å². The normalized spacial score (nSPS) is 14.7. The van der Waals surface area contributed by atoms with Gasteiger partial charge in [0.05, 0.1) is 0 Å². The zero-order valence-electron chi connectivity index (χ0n) is 6.64. The van der Waals surface area contributed by atoms with E-state index in [-0.39, 0.29) is 20.7 Å². The van der Waals surface area contributed by atoms with Gasteiger partial charge in [0.2, 0.25) is 0 Å². The van der Waals surface area contributed by atoms with Gasteiger partial charge in [-0.25, -0.2) is 0 Å². The first kappa shape index (κ1) is 8.45. The molecule has 0 aliphatic carbocycles. The van der Waals surface area contributed by atoms with Crippen LogP contribution in [0.15, 0.2) is 24.3 Å². The van der Waals surface area contributed by atoms with Crippen LogP contribution in [0, 0.1) is 3.57 Å². The van der Waals surface area contributed by atoms with Gasteiger partial charge in [-0.2, -0.15) is 0 Å². The van der Waals surface area contributed by atoms with E-state index < -0.39 is 0 Å². The summed E-state index contributed by atoms with van der Waals surface area (Å²) in [6.07, 6.45) is 2.21. The summed E-state index contributed by atoms with van der Waals surface area (Å²) in [5, 5.41) is 0.858. The van der Waals surface area contributed by atoms with Crippen LogP contribution in [-0.4, -0.2) is 4.01 Å². The van der Waals surface area contributed by atoms with Crippen molar-refractivity contribution in [1.29, 1.82) is 0 Å². The Hall–Kier alpha value is -0.150. The largest absolute Gasteiger partial charge is 0.0849 e. The van der Waals surface area contributed by atoms with Crippen LogP contribution in [-0.2, 0) is 0 Å². The minimum absolute atomic E-state index is 0.0652. The number of rotatable bonds is 0. The van der Waals surface area contributed by atoms with Crippen LogP contribution >= 0.6 is 32.3 Å². The molecule has 0 unspecified atom stereocenters. The molecular weight excluding hydrogens is 282 g/mol. The standard InChI is InChI=1S/C10H8ClI/c1-7-4-5-12-10-6-8(11)2-3-9(7)10/h2-6H,1H3. The highest BCUT2D eigenvalue weighted by molar-refractivity contribution is 14.2. The van der Waals surface area contributed by atoms with E-state index in [1.165, 1.54) is 14.7 Å². The second kappa shape index (κ2) is 3.30. The van der Waals surface area contributed by atoms with Crippen molar-refractivity contribution in [2.45, 2.75) is 6.92 Å². The van der Waals surface area contributed by atoms with Gasteiger partial charge in [-0.15, -0.1) is 0 Å². The number of allylic oxidation sites excluding steroid dienone is 2. The summed E-state index contributed by atoms with van der Waals surface area (Å²) < 4.78 is 3.73. The fraction of sp³-hybridized carbons (Fsp3) is 0.100. The lowest BCUT2D eigenvalue weighted by atomic mass is 10.1. The third-order valence-electron chi connectivity index (χ3n) is 1.85. The Morgan fingerprint density at radius 2 is 2.17 bits per heavy atom. The number of benzene rings is 1. The Labute approximate surface area is 87.0 Å². The molecule has 1 aromatic rings. The molecule has 62 valence electrons. The van der Waals surface area contributed by atoms with Crippen LogP contribution < -0.4 is 0 Å². The Bertz CT molecular complexity index is 377. The lowest BCUT2D eigenvalue weighted by Gasteiger charge is -2.09. The van der Waals surface area contributed by atoms with Gasteiger partial charge >= 0.3 is 0 Å². The minimum Gasteiger partial charge on any atom is -0.0849 e. The van der Waals surface area contributed by atoms with Gasteiger partial charge in [0, 0.05) is 8.59 Å². The predicted molar refractivity (Wildman–Crippen MR) is 63.9 cm³/mol. The predicted octanol–water partition coefficient (Wildman–Crippen LogP) is 3.70. The van der Waals surface area contributed by atoms with E-state index >= 15 is 0 Å². The third-order valence-corrected chi connectivity index (χ3v) is 4.37. The Kier molecular flexibility index (Phi) is 2.33. The summed E-state index contributed by atoms with van der Waals surface area (Å²) in [6.45, 7) is 2.14. The molecule has 2 rings (SSSR count). The molecule has 0 bridgehead atoms. The fourth-order valence-corrected chi connectivity index (χ4v) is 4.10. The molecule has 0 atom stereocenters. The van der Waals surface area contributed by atoms with Gasteiger partial charge < -0.3 is 0 Å². The van der Waals surface area contributed by atoms with E-state index in [2.05, 4.69) is 29.1 Å². The van der Waals surface area contributed by atoms with Gasteiger partial charge in [0.1, 0.15) is 0 Å². The molecule has 0 saturated heterocycles. The molecule has 1 aliphatic heterocycles. The van der Waals surface area contributed by atoms with Crippen molar-refractivity contribution in [1.82, 2.24) is 0 Å². The quantitative estimate of drug-likeness (QED) is 0.639. The van der Waals surface area contributed by atoms with Gasteiger partial charge in [-0.05, 0) is 34.2 Å². The second-order valence-electron chi connectivity index (χ2n) is 2.71. The molecule has 0 N–H and O–H groups in total. The smallest absolute Gasteiger partial charge is 0.0416 e. The molecule has 0 fully saturated rings. The lowest BCUT2D eigenvalue weighted by Crippen LogP contribution is -1.89. The molecule has 0 aromatic heterocycles. The number of fused-ring (bicyclic) bond motifs is 1. The van der Waals surface area contributed by atoms with Crippen LogP contribution in [0.2, 0.25) is 5.02 Å². The highest BCUT2D eigenvalue weighted by Crippen LogP contribution is 2.29. The van der Waals surface area contributed by atoms with E-state index in [9.17, 15) is 0 Å². The summed E-state index contributed by atoms with van der Waals surface area (Å²) in [4.78, 5) is 0. The van der Waals surface area contributed by atoms with Crippen molar-refractivity contribution in [2.75, 3.05) is 0 Å². The van der Waals surface area contributed by atoms with E-state index in [4.69, 9.17) is 11.6 Å². The molecule has 12 heavy (non-hydrogen) atoms. The van der Waals surface area contributed by atoms with Gasteiger partial charge in [-0.3, -0.25) is 0 Å². The summed E-state index contributed by atoms with van der Waals surface area (Å²) in [5.41, 5.74) is 2.74. The molecule has 1 heterocycles. The molecule has 0 radical (unpaired) electrons. The average Bonchev–Trinajstić information content (AvgIpc) is 2.04. The first-order valence-electron chi connectivity index (χ1n) is 3.71.